The SMILES string of the molecule is O=C(O)c1cc(C2CC2)c(OCC2CN(C(c3ccccc3)c3cccc(Cl)c3)C2)cc1F. The zero-order valence-corrected chi connectivity index (χ0v) is 18.8. The molecule has 3 aromatic rings. The molecule has 170 valence electrons. The predicted molar refractivity (Wildman–Crippen MR) is 126 cm³/mol. The first-order valence-corrected chi connectivity index (χ1v) is 11.6. The lowest BCUT2D eigenvalue weighted by Gasteiger charge is -2.44. The molecule has 1 saturated carbocycles. The van der Waals surface area contributed by atoms with Crippen LogP contribution in [0.5, 0.6) is 5.75 Å². The number of hydrogen-bond donors (Lipinski definition) is 1. The zero-order chi connectivity index (χ0) is 22.9. The molecule has 2 fully saturated rings. The molecule has 1 atom stereocenters. The summed E-state index contributed by atoms with van der Waals surface area (Å²) in [5.41, 5.74) is 2.88. The van der Waals surface area contributed by atoms with E-state index in [-0.39, 0.29) is 17.5 Å². The number of benzene rings is 3. The van der Waals surface area contributed by atoms with Gasteiger partial charge in [0.1, 0.15) is 11.6 Å². The Morgan fingerprint density at radius 1 is 1.06 bits per heavy atom. The Kier molecular flexibility index (Phi) is 6.09. The van der Waals surface area contributed by atoms with Gasteiger partial charge in [-0.2, -0.15) is 0 Å². The van der Waals surface area contributed by atoms with Crippen LogP contribution in [0, 0.1) is 11.7 Å². The molecule has 0 aromatic heterocycles. The van der Waals surface area contributed by atoms with Gasteiger partial charge in [-0.1, -0.05) is 54.1 Å². The maximum Gasteiger partial charge on any atom is 0.338 e. The molecule has 0 bridgehead atoms. The Bertz CT molecular complexity index is 1160. The van der Waals surface area contributed by atoms with Crippen LogP contribution in [0.1, 0.15) is 51.8 Å². The smallest absolute Gasteiger partial charge is 0.338 e. The number of carbonyl (C=O) groups is 1. The van der Waals surface area contributed by atoms with E-state index in [4.69, 9.17) is 16.3 Å². The monoisotopic (exact) mass is 465 g/mol. The van der Waals surface area contributed by atoms with Gasteiger partial charge in [-0.15, -0.1) is 0 Å². The average molecular weight is 466 g/mol. The van der Waals surface area contributed by atoms with E-state index < -0.39 is 11.8 Å². The predicted octanol–water partition coefficient (Wildman–Crippen LogP) is 6.15. The summed E-state index contributed by atoms with van der Waals surface area (Å²) < 4.78 is 20.3. The molecule has 4 nitrogen and oxygen atoms in total. The largest absolute Gasteiger partial charge is 0.493 e. The lowest BCUT2D eigenvalue weighted by atomic mass is 9.90. The van der Waals surface area contributed by atoms with Gasteiger partial charge in [0.2, 0.25) is 0 Å². The van der Waals surface area contributed by atoms with Gasteiger partial charge >= 0.3 is 5.97 Å². The molecule has 5 rings (SSSR count). The average Bonchev–Trinajstić information content (AvgIpc) is 3.61. The Morgan fingerprint density at radius 3 is 2.45 bits per heavy atom. The van der Waals surface area contributed by atoms with Gasteiger partial charge in [-0.05, 0) is 53.6 Å². The van der Waals surface area contributed by atoms with E-state index in [2.05, 4.69) is 23.1 Å². The molecule has 1 N–H and O–H groups in total. The van der Waals surface area contributed by atoms with E-state index >= 15 is 0 Å². The lowest BCUT2D eigenvalue weighted by molar-refractivity contribution is 0.0375. The van der Waals surface area contributed by atoms with Crippen LogP contribution in [0.3, 0.4) is 0 Å². The van der Waals surface area contributed by atoms with Crippen molar-refractivity contribution in [3.8, 4) is 5.75 Å². The van der Waals surface area contributed by atoms with Crippen molar-refractivity contribution >= 4 is 17.6 Å². The van der Waals surface area contributed by atoms with Crippen molar-refractivity contribution in [3.63, 3.8) is 0 Å². The molecule has 3 aromatic carbocycles. The first-order valence-electron chi connectivity index (χ1n) is 11.2. The fourth-order valence-corrected chi connectivity index (χ4v) is 4.83. The van der Waals surface area contributed by atoms with Gasteiger partial charge in [-0.25, -0.2) is 9.18 Å². The Hall–Kier alpha value is -2.89. The third kappa shape index (κ3) is 4.75. The fraction of sp³-hybridized carbons (Fsp3) is 0.296. The third-order valence-corrected chi connectivity index (χ3v) is 6.69. The maximum atomic E-state index is 14.3. The maximum absolute atomic E-state index is 14.3. The number of rotatable bonds is 8. The van der Waals surface area contributed by atoms with E-state index in [1.807, 2.05) is 36.4 Å². The molecule has 2 aliphatic rings. The second-order valence-corrected chi connectivity index (χ2v) is 9.38. The van der Waals surface area contributed by atoms with E-state index in [1.165, 1.54) is 17.7 Å². The molecular formula is C27H25ClFNO3. The summed E-state index contributed by atoms with van der Waals surface area (Å²) in [6.07, 6.45) is 1.97. The Labute approximate surface area is 197 Å². The number of likely N-dealkylation sites (tertiary alicyclic amines) is 1. The summed E-state index contributed by atoms with van der Waals surface area (Å²) in [6.45, 7) is 2.17. The van der Waals surface area contributed by atoms with Gasteiger partial charge in [0.15, 0.2) is 0 Å². The van der Waals surface area contributed by atoms with Crippen molar-refractivity contribution in [2.75, 3.05) is 19.7 Å². The molecule has 1 heterocycles. The van der Waals surface area contributed by atoms with E-state index in [0.29, 0.717) is 23.3 Å². The van der Waals surface area contributed by atoms with E-state index in [0.717, 1.165) is 37.1 Å². The number of carboxylic acid groups (broad SMARTS) is 1. The molecular weight excluding hydrogens is 441 g/mol. The highest BCUT2D eigenvalue weighted by molar-refractivity contribution is 6.30. The summed E-state index contributed by atoms with van der Waals surface area (Å²) in [5.74, 6) is -0.940. The molecule has 6 heteroatoms. The van der Waals surface area contributed by atoms with Gasteiger partial charge in [0.05, 0.1) is 18.2 Å². The second-order valence-electron chi connectivity index (χ2n) is 8.95. The summed E-state index contributed by atoms with van der Waals surface area (Å²) in [6, 6.07) is 21.1. The molecule has 1 aliphatic carbocycles. The second kappa shape index (κ2) is 9.16. The number of aromatic carboxylic acids is 1. The van der Waals surface area contributed by atoms with Crippen LogP contribution < -0.4 is 4.74 Å². The molecule has 1 saturated heterocycles. The van der Waals surface area contributed by atoms with Crippen molar-refractivity contribution in [3.05, 3.63) is 99.8 Å². The minimum Gasteiger partial charge on any atom is -0.493 e. The van der Waals surface area contributed by atoms with Crippen molar-refractivity contribution in [1.29, 1.82) is 0 Å². The van der Waals surface area contributed by atoms with Crippen LogP contribution >= 0.6 is 11.6 Å². The van der Waals surface area contributed by atoms with E-state index in [9.17, 15) is 14.3 Å². The highest BCUT2D eigenvalue weighted by Crippen LogP contribution is 2.45. The first-order chi connectivity index (χ1) is 16.0. The number of nitrogens with zero attached hydrogens (tertiary/aromatic N) is 1. The zero-order valence-electron chi connectivity index (χ0n) is 18.1. The molecule has 1 unspecified atom stereocenters. The highest BCUT2D eigenvalue weighted by atomic mass is 35.5. The molecule has 33 heavy (non-hydrogen) atoms. The molecule has 1 aliphatic heterocycles. The topological polar surface area (TPSA) is 49.8 Å². The molecule has 0 amide bonds. The van der Waals surface area contributed by atoms with Crippen LogP contribution in [-0.4, -0.2) is 35.7 Å². The highest BCUT2D eigenvalue weighted by Gasteiger charge is 2.35. The standard InChI is InChI=1S/C27H25ClFNO3/c28-21-8-4-7-20(11-21)26(19-5-2-1-3-6-19)30-14-17(15-30)16-33-25-13-24(29)23(27(31)32)12-22(25)18-9-10-18/h1-8,11-13,17-18,26H,9-10,14-16H2,(H,31,32). The quantitative estimate of drug-likeness (QED) is 0.433. The minimum absolute atomic E-state index is 0.107. The Morgan fingerprint density at radius 2 is 1.79 bits per heavy atom. The van der Waals surface area contributed by atoms with Gasteiger partial charge in [-0.3, -0.25) is 4.90 Å². The molecule has 0 radical (unpaired) electrons. The van der Waals surface area contributed by atoms with Gasteiger partial charge in [0.25, 0.3) is 0 Å². The number of halogens is 2. The molecule has 0 spiro atoms. The summed E-state index contributed by atoms with van der Waals surface area (Å²) in [5, 5.41) is 9.96. The number of ether oxygens (including phenoxy) is 1. The Balaban J connectivity index is 1.28. The normalized spacial score (nSPS) is 17.4. The minimum atomic E-state index is -1.25. The van der Waals surface area contributed by atoms with Crippen molar-refractivity contribution in [1.82, 2.24) is 4.90 Å². The van der Waals surface area contributed by atoms with Gasteiger partial charge in [0, 0.05) is 30.1 Å². The summed E-state index contributed by atoms with van der Waals surface area (Å²) >= 11 is 6.27. The fourth-order valence-electron chi connectivity index (χ4n) is 4.63. The number of hydrogen-bond acceptors (Lipinski definition) is 3. The van der Waals surface area contributed by atoms with Crippen molar-refractivity contribution in [2.45, 2.75) is 24.8 Å². The van der Waals surface area contributed by atoms with Crippen LogP contribution in [0.15, 0.2) is 66.7 Å². The number of carboxylic acids is 1. The van der Waals surface area contributed by atoms with Crippen molar-refractivity contribution < 1.29 is 19.0 Å². The summed E-state index contributed by atoms with van der Waals surface area (Å²) in [7, 11) is 0. The van der Waals surface area contributed by atoms with Crippen LogP contribution in [0.25, 0.3) is 0 Å². The summed E-state index contributed by atoms with van der Waals surface area (Å²) in [4.78, 5) is 13.7. The van der Waals surface area contributed by atoms with Crippen LogP contribution in [0.4, 0.5) is 4.39 Å². The van der Waals surface area contributed by atoms with Gasteiger partial charge < -0.3 is 9.84 Å². The first kappa shape index (κ1) is 21.9. The lowest BCUT2D eigenvalue weighted by Crippen LogP contribution is -2.51. The van der Waals surface area contributed by atoms with Crippen molar-refractivity contribution in [2.24, 2.45) is 5.92 Å². The van der Waals surface area contributed by atoms with E-state index in [1.54, 1.807) is 0 Å². The van der Waals surface area contributed by atoms with Crippen LogP contribution in [0.2, 0.25) is 5.02 Å². The van der Waals surface area contributed by atoms with Crippen LogP contribution in [-0.2, 0) is 0 Å². The third-order valence-electron chi connectivity index (χ3n) is 6.45.